The third-order valence-electron chi connectivity index (χ3n) is 4.79. The zero-order valence-electron chi connectivity index (χ0n) is 15.6. The first-order chi connectivity index (χ1) is 13.4. The standard InChI is InChI=1S/C21H22F2N2O3/c1-14-8-10-25(11-9-14)17-5-3-16(4-6-17)24-20(26)13-28-21(27)18-7-2-15(22)12-19(18)23/h2-7,12,14H,8-11,13H2,1H3,(H,24,26). The molecule has 148 valence electrons. The Labute approximate surface area is 162 Å². The van der Waals surface area contributed by atoms with Gasteiger partial charge in [0, 0.05) is 30.5 Å². The van der Waals surface area contributed by atoms with E-state index >= 15 is 0 Å². The van der Waals surface area contributed by atoms with Crippen LogP contribution in [0.25, 0.3) is 0 Å². The number of benzene rings is 2. The molecule has 0 bridgehead atoms. The van der Waals surface area contributed by atoms with E-state index < -0.39 is 35.7 Å². The topological polar surface area (TPSA) is 58.6 Å². The first-order valence-corrected chi connectivity index (χ1v) is 9.19. The average Bonchev–Trinajstić information content (AvgIpc) is 2.67. The maximum Gasteiger partial charge on any atom is 0.341 e. The summed E-state index contributed by atoms with van der Waals surface area (Å²) in [5.74, 6) is -2.65. The number of ether oxygens (including phenoxy) is 1. The number of hydrogen-bond acceptors (Lipinski definition) is 4. The van der Waals surface area contributed by atoms with Crippen molar-refractivity contribution in [3.8, 4) is 0 Å². The molecule has 1 aliphatic heterocycles. The van der Waals surface area contributed by atoms with Gasteiger partial charge in [0.25, 0.3) is 5.91 Å². The number of halogens is 2. The van der Waals surface area contributed by atoms with Crippen molar-refractivity contribution in [2.45, 2.75) is 19.8 Å². The minimum atomic E-state index is -1.03. The molecular formula is C21H22F2N2O3. The van der Waals surface area contributed by atoms with Crippen LogP contribution in [0.1, 0.15) is 30.1 Å². The van der Waals surface area contributed by atoms with Gasteiger partial charge in [0.2, 0.25) is 0 Å². The lowest BCUT2D eigenvalue weighted by molar-refractivity contribution is -0.119. The molecule has 1 N–H and O–H groups in total. The van der Waals surface area contributed by atoms with Crippen molar-refractivity contribution in [1.82, 2.24) is 0 Å². The summed E-state index contributed by atoms with van der Waals surface area (Å²) in [6.45, 7) is 3.72. The third kappa shape index (κ3) is 5.06. The number of hydrogen-bond donors (Lipinski definition) is 1. The second-order valence-electron chi connectivity index (χ2n) is 6.96. The lowest BCUT2D eigenvalue weighted by Gasteiger charge is -2.32. The first kappa shape index (κ1) is 19.8. The molecule has 2 aromatic carbocycles. The van der Waals surface area contributed by atoms with Gasteiger partial charge in [0.1, 0.15) is 11.6 Å². The molecule has 1 heterocycles. The van der Waals surface area contributed by atoms with Crippen LogP contribution < -0.4 is 10.2 Å². The Morgan fingerprint density at radius 2 is 1.79 bits per heavy atom. The monoisotopic (exact) mass is 388 g/mol. The van der Waals surface area contributed by atoms with Gasteiger partial charge in [-0.05, 0) is 55.2 Å². The second-order valence-corrected chi connectivity index (χ2v) is 6.96. The summed E-state index contributed by atoms with van der Waals surface area (Å²) in [4.78, 5) is 26.1. The molecule has 0 unspecified atom stereocenters. The number of piperidine rings is 1. The maximum atomic E-state index is 13.5. The summed E-state index contributed by atoms with van der Waals surface area (Å²) in [6, 6.07) is 9.95. The van der Waals surface area contributed by atoms with Crippen LogP contribution in [0.5, 0.6) is 0 Å². The van der Waals surface area contributed by atoms with E-state index in [-0.39, 0.29) is 0 Å². The molecule has 0 aromatic heterocycles. The van der Waals surface area contributed by atoms with Crippen LogP contribution in [0.2, 0.25) is 0 Å². The highest BCUT2D eigenvalue weighted by Crippen LogP contribution is 2.24. The average molecular weight is 388 g/mol. The Morgan fingerprint density at radius 3 is 2.43 bits per heavy atom. The minimum Gasteiger partial charge on any atom is -0.452 e. The Morgan fingerprint density at radius 1 is 1.11 bits per heavy atom. The van der Waals surface area contributed by atoms with E-state index in [1.165, 1.54) is 12.8 Å². The van der Waals surface area contributed by atoms with E-state index in [0.29, 0.717) is 11.8 Å². The summed E-state index contributed by atoms with van der Waals surface area (Å²) in [5, 5.41) is 2.62. The maximum absolute atomic E-state index is 13.5. The van der Waals surface area contributed by atoms with Crippen molar-refractivity contribution in [2.75, 3.05) is 29.9 Å². The van der Waals surface area contributed by atoms with Gasteiger partial charge in [-0.2, -0.15) is 0 Å². The Bertz CT molecular complexity index is 847. The van der Waals surface area contributed by atoms with E-state index in [2.05, 4.69) is 17.1 Å². The van der Waals surface area contributed by atoms with Gasteiger partial charge < -0.3 is 15.0 Å². The number of amides is 1. The number of carbonyl (C=O) groups is 2. The number of rotatable bonds is 5. The number of carbonyl (C=O) groups excluding carboxylic acids is 2. The molecule has 2 aromatic rings. The molecular weight excluding hydrogens is 366 g/mol. The van der Waals surface area contributed by atoms with Gasteiger partial charge in [-0.15, -0.1) is 0 Å². The highest BCUT2D eigenvalue weighted by Gasteiger charge is 2.17. The predicted octanol–water partition coefficient (Wildman–Crippen LogP) is 4.00. The summed E-state index contributed by atoms with van der Waals surface area (Å²) in [7, 11) is 0. The van der Waals surface area contributed by atoms with Crippen LogP contribution >= 0.6 is 0 Å². The van der Waals surface area contributed by atoms with E-state index in [0.717, 1.165) is 36.8 Å². The van der Waals surface area contributed by atoms with Gasteiger partial charge in [0.15, 0.2) is 6.61 Å². The predicted molar refractivity (Wildman–Crippen MR) is 102 cm³/mol. The van der Waals surface area contributed by atoms with Crippen molar-refractivity contribution in [2.24, 2.45) is 5.92 Å². The molecule has 0 atom stereocenters. The molecule has 1 fully saturated rings. The van der Waals surface area contributed by atoms with Gasteiger partial charge in [0.05, 0.1) is 5.56 Å². The fourth-order valence-electron chi connectivity index (χ4n) is 3.08. The SMILES string of the molecule is CC1CCN(c2ccc(NC(=O)COC(=O)c3ccc(F)cc3F)cc2)CC1. The molecule has 0 aliphatic carbocycles. The van der Waals surface area contributed by atoms with Crippen molar-refractivity contribution in [3.63, 3.8) is 0 Å². The first-order valence-electron chi connectivity index (χ1n) is 9.19. The molecule has 28 heavy (non-hydrogen) atoms. The van der Waals surface area contributed by atoms with Gasteiger partial charge in [-0.1, -0.05) is 6.92 Å². The van der Waals surface area contributed by atoms with Crippen LogP contribution in [-0.4, -0.2) is 31.6 Å². The number of anilines is 2. The molecule has 1 aliphatic rings. The van der Waals surface area contributed by atoms with Gasteiger partial charge in [-0.3, -0.25) is 4.79 Å². The van der Waals surface area contributed by atoms with Crippen molar-refractivity contribution >= 4 is 23.3 Å². The van der Waals surface area contributed by atoms with E-state index in [9.17, 15) is 18.4 Å². The van der Waals surface area contributed by atoms with E-state index in [4.69, 9.17) is 4.74 Å². The van der Waals surface area contributed by atoms with Crippen LogP contribution in [0.15, 0.2) is 42.5 Å². The van der Waals surface area contributed by atoms with Gasteiger partial charge >= 0.3 is 5.97 Å². The highest BCUT2D eigenvalue weighted by molar-refractivity contribution is 5.95. The zero-order chi connectivity index (χ0) is 20.1. The van der Waals surface area contributed by atoms with Crippen LogP contribution in [0, 0.1) is 17.6 Å². The molecule has 3 rings (SSSR count). The van der Waals surface area contributed by atoms with Crippen LogP contribution in [-0.2, 0) is 9.53 Å². The largest absolute Gasteiger partial charge is 0.452 e. The molecule has 0 radical (unpaired) electrons. The van der Waals surface area contributed by atoms with Crippen LogP contribution in [0.3, 0.4) is 0 Å². The summed E-state index contributed by atoms with van der Waals surface area (Å²) in [6.07, 6.45) is 2.33. The lowest BCUT2D eigenvalue weighted by atomic mass is 9.99. The highest BCUT2D eigenvalue weighted by atomic mass is 19.1. The molecule has 1 amide bonds. The summed E-state index contributed by atoms with van der Waals surface area (Å²) in [5.41, 5.74) is 1.25. The Kier molecular flexibility index (Phi) is 6.23. The fourth-order valence-corrected chi connectivity index (χ4v) is 3.08. The Hall–Kier alpha value is -2.96. The quantitative estimate of drug-likeness (QED) is 0.787. The molecule has 0 saturated carbocycles. The van der Waals surface area contributed by atoms with Crippen molar-refractivity contribution < 1.29 is 23.1 Å². The smallest absolute Gasteiger partial charge is 0.341 e. The zero-order valence-corrected chi connectivity index (χ0v) is 15.6. The lowest BCUT2D eigenvalue weighted by Crippen LogP contribution is -2.32. The molecule has 7 heteroatoms. The second kappa shape index (κ2) is 8.82. The summed E-state index contributed by atoms with van der Waals surface area (Å²) >= 11 is 0. The Balaban J connectivity index is 1.50. The fraction of sp³-hybridized carbons (Fsp3) is 0.333. The van der Waals surface area contributed by atoms with E-state index in [1.807, 2.05) is 12.1 Å². The number of esters is 1. The van der Waals surface area contributed by atoms with Crippen molar-refractivity contribution in [3.05, 3.63) is 59.7 Å². The van der Waals surface area contributed by atoms with Gasteiger partial charge in [-0.25, -0.2) is 13.6 Å². The third-order valence-corrected chi connectivity index (χ3v) is 4.79. The normalized spacial score (nSPS) is 14.6. The molecule has 0 spiro atoms. The number of nitrogens with one attached hydrogen (secondary N) is 1. The molecule has 5 nitrogen and oxygen atoms in total. The summed E-state index contributed by atoms with van der Waals surface area (Å²) < 4.78 is 31.2. The number of nitrogens with zero attached hydrogens (tertiary/aromatic N) is 1. The van der Waals surface area contributed by atoms with E-state index in [1.54, 1.807) is 12.1 Å². The van der Waals surface area contributed by atoms with Crippen molar-refractivity contribution in [1.29, 1.82) is 0 Å². The minimum absolute atomic E-state index is 0.422. The molecule has 1 saturated heterocycles. The van der Waals surface area contributed by atoms with Crippen LogP contribution in [0.4, 0.5) is 20.2 Å².